The molecule has 0 saturated carbocycles. The molecule has 2 aromatic heterocycles. The quantitative estimate of drug-likeness (QED) is 0.740. The van der Waals surface area contributed by atoms with E-state index in [0.717, 1.165) is 17.7 Å². The Morgan fingerprint density at radius 2 is 2.04 bits per heavy atom. The van der Waals surface area contributed by atoms with Gasteiger partial charge in [0.15, 0.2) is 0 Å². The SMILES string of the molecule is O=C(NC[C@@H](c1ccsc1)n1cccn1)Nc1c(F)cccc1F. The van der Waals surface area contributed by atoms with Crippen LogP contribution in [0.4, 0.5) is 19.3 Å². The summed E-state index contributed by atoms with van der Waals surface area (Å²) in [6.45, 7) is 0.223. The largest absolute Gasteiger partial charge is 0.335 e. The Morgan fingerprint density at radius 1 is 1.25 bits per heavy atom. The van der Waals surface area contributed by atoms with Crippen LogP contribution in [-0.2, 0) is 0 Å². The lowest BCUT2D eigenvalue weighted by Crippen LogP contribution is -2.35. The fraction of sp³-hybridized carbons (Fsp3) is 0.125. The van der Waals surface area contributed by atoms with E-state index in [1.54, 1.807) is 23.1 Å². The van der Waals surface area contributed by atoms with Gasteiger partial charge in [0.1, 0.15) is 17.3 Å². The zero-order chi connectivity index (χ0) is 16.9. The highest BCUT2D eigenvalue weighted by atomic mass is 32.1. The average Bonchev–Trinajstić information content (AvgIpc) is 3.25. The summed E-state index contributed by atoms with van der Waals surface area (Å²) in [5.41, 5.74) is 0.516. The van der Waals surface area contributed by atoms with E-state index in [1.165, 1.54) is 17.4 Å². The monoisotopic (exact) mass is 348 g/mol. The minimum absolute atomic E-state index is 0.206. The molecule has 1 aromatic carbocycles. The topological polar surface area (TPSA) is 59.0 Å². The van der Waals surface area contributed by atoms with Crippen molar-refractivity contribution in [3.63, 3.8) is 0 Å². The van der Waals surface area contributed by atoms with Crippen LogP contribution in [0.1, 0.15) is 11.6 Å². The van der Waals surface area contributed by atoms with Crippen LogP contribution in [0.3, 0.4) is 0 Å². The Balaban J connectivity index is 1.68. The molecule has 0 bridgehead atoms. The number of benzene rings is 1. The molecule has 5 nitrogen and oxygen atoms in total. The number of amides is 2. The highest BCUT2D eigenvalue weighted by molar-refractivity contribution is 7.07. The number of para-hydroxylation sites is 1. The molecule has 0 saturated heterocycles. The first-order chi connectivity index (χ1) is 11.6. The third kappa shape index (κ3) is 3.60. The van der Waals surface area contributed by atoms with Gasteiger partial charge in [-0.05, 0) is 40.6 Å². The highest BCUT2D eigenvalue weighted by Gasteiger charge is 2.17. The number of urea groups is 1. The van der Waals surface area contributed by atoms with Gasteiger partial charge in [-0.1, -0.05) is 6.07 Å². The van der Waals surface area contributed by atoms with Crippen molar-refractivity contribution in [2.24, 2.45) is 0 Å². The summed E-state index contributed by atoms with van der Waals surface area (Å²) in [6.07, 6.45) is 3.44. The van der Waals surface area contributed by atoms with Crippen molar-refractivity contribution >= 4 is 23.1 Å². The zero-order valence-electron chi connectivity index (χ0n) is 12.4. The van der Waals surface area contributed by atoms with Gasteiger partial charge in [-0.3, -0.25) is 4.68 Å². The van der Waals surface area contributed by atoms with E-state index in [0.29, 0.717) is 0 Å². The molecule has 1 atom stereocenters. The molecule has 0 unspecified atom stereocenters. The number of anilines is 1. The van der Waals surface area contributed by atoms with Gasteiger partial charge in [-0.25, -0.2) is 13.6 Å². The molecule has 0 spiro atoms. The van der Waals surface area contributed by atoms with E-state index < -0.39 is 23.4 Å². The van der Waals surface area contributed by atoms with E-state index in [9.17, 15) is 13.6 Å². The van der Waals surface area contributed by atoms with Gasteiger partial charge in [0.25, 0.3) is 0 Å². The second-order valence-electron chi connectivity index (χ2n) is 4.99. The third-order valence-corrected chi connectivity index (χ3v) is 4.13. The van der Waals surface area contributed by atoms with Crippen LogP contribution >= 0.6 is 11.3 Å². The highest BCUT2D eigenvalue weighted by Crippen LogP contribution is 2.20. The van der Waals surface area contributed by atoms with Gasteiger partial charge in [0.2, 0.25) is 0 Å². The lowest BCUT2D eigenvalue weighted by molar-refractivity contribution is 0.250. The zero-order valence-corrected chi connectivity index (χ0v) is 13.3. The molecule has 24 heavy (non-hydrogen) atoms. The summed E-state index contributed by atoms with van der Waals surface area (Å²) in [4.78, 5) is 12.0. The second kappa shape index (κ2) is 7.22. The molecular weight excluding hydrogens is 334 g/mol. The Kier molecular flexibility index (Phi) is 4.85. The van der Waals surface area contributed by atoms with E-state index in [1.807, 2.05) is 16.8 Å². The summed E-state index contributed by atoms with van der Waals surface area (Å²) in [7, 11) is 0. The van der Waals surface area contributed by atoms with Crippen LogP contribution in [0.25, 0.3) is 0 Å². The molecule has 0 aliphatic heterocycles. The summed E-state index contributed by atoms with van der Waals surface area (Å²) in [5.74, 6) is -1.65. The maximum atomic E-state index is 13.6. The Morgan fingerprint density at radius 3 is 2.67 bits per heavy atom. The lowest BCUT2D eigenvalue weighted by atomic mass is 10.1. The van der Waals surface area contributed by atoms with Crippen molar-refractivity contribution in [1.82, 2.24) is 15.1 Å². The predicted octanol–water partition coefficient (Wildman–Crippen LogP) is 3.63. The number of aromatic nitrogens is 2. The fourth-order valence-corrected chi connectivity index (χ4v) is 2.97. The van der Waals surface area contributed by atoms with Gasteiger partial charge in [-0.15, -0.1) is 0 Å². The molecule has 3 rings (SSSR count). The molecule has 3 aromatic rings. The van der Waals surface area contributed by atoms with E-state index >= 15 is 0 Å². The number of halogens is 2. The maximum Gasteiger partial charge on any atom is 0.319 e. The van der Waals surface area contributed by atoms with Crippen molar-refractivity contribution in [3.05, 3.63) is 70.7 Å². The van der Waals surface area contributed by atoms with Gasteiger partial charge in [-0.2, -0.15) is 16.4 Å². The molecule has 2 heterocycles. The van der Waals surface area contributed by atoms with Gasteiger partial charge in [0, 0.05) is 18.9 Å². The Hall–Kier alpha value is -2.74. The predicted molar refractivity (Wildman–Crippen MR) is 88.1 cm³/mol. The standard InChI is InChI=1S/C16H14F2N4OS/c17-12-3-1-4-13(18)15(12)21-16(23)19-9-14(11-5-8-24-10-11)22-7-2-6-20-22/h1-8,10,14H,9H2,(H2,19,21,23)/t14-/m0/s1. The molecular formula is C16H14F2N4OS. The van der Waals surface area contributed by atoms with E-state index in [-0.39, 0.29) is 12.6 Å². The smallest absolute Gasteiger partial charge is 0.319 e. The number of carbonyl (C=O) groups is 1. The van der Waals surface area contributed by atoms with Crippen LogP contribution in [-0.4, -0.2) is 22.4 Å². The van der Waals surface area contributed by atoms with Gasteiger partial charge >= 0.3 is 6.03 Å². The second-order valence-corrected chi connectivity index (χ2v) is 5.77. The number of carbonyl (C=O) groups excluding carboxylic acids is 1. The fourth-order valence-electron chi connectivity index (χ4n) is 2.26. The van der Waals surface area contributed by atoms with Gasteiger partial charge < -0.3 is 10.6 Å². The number of nitrogens with one attached hydrogen (secondary N) is 2. The summed E-state index contributed by atoms with van der Waals surface area (Å²) < 4.78 is 28.8. The van der Waals surface area contributed by atoms with Crippen LogP contribution < -0.4 is 10.6 Å². The molecule has 0 radical (unpaired) electrons. The van der Waals surface area contributed by atoms with Crippen molar-refractivity contribution in [2.45, 2.75) is 6.04 Å². The molecule has 0 fully saturated rings. The first-order valence-corrected chi connectivity index (χ1v) is 8.09. The van der Waals surface area contributed by atoms with Crippen molar-refractivity contribution in [1.29, 1.82) is 0 Å². The van der Waals surface area contributed by atoms with Crippen molar-refractivity contribution < 1.29 is 13.6 Å². The third-order valence-electron chi connectivity index (χ3n) is 3.43. The number of hydrogen-bond acceptors (Lipinski definition) is 3. The molecule has 2 amide bonds. The average molecular weight is 348 g/mol. The summed E-state index contributed by atoms with van der Waals surface area (Å²) >= 11 is 1.54. The maximum absolute atomic E-state index is 13.6. The van der Waals surface area contributed by atoms with E-state index in [2.05, 4.69) is 15.7 Å². The molecule has 2 N–H and O–H groups in total. The van der Waals surface area contributed by atoms with Crippen molar-refractivity contribution in [2.75, 3.05) is 11.9 Å². The van der Waals surface area contributed by atoms with Gasteiger partial charge in [0.05, 0.1) is 6.04 Å². The van der Waals surface area contributed by atoms with Crippen LogP contribution in [0.2, 0.25) is 0 Å². The van der Waals surface area contributed by atoms with Crippen LogP contribution in [0.5, 0.6) is 0 Å². The first-order valence-electron chi connectivity index (χ1n) is 7.15. The summed E-state index contributed by atoms with van der Waals surface area (Å²) in [5, 5.41) is 12.9. The normalized spacial score (nSPS) is 11.9. The van der Waals surface area contributed by atoms with Crippen LogP contribution in [0, 0.1) is 11.6 Å². The number of hydrogen-bond donors (Lipinski definition) is 2. The molecule has 124 valence electrons. The minimum atomic E-state index is -0.827. The van der Waals surface area contributed by atoms with E-state index in [4.69, 9.17) is 0 Å². The van der Waals surface area contributed by atoms with Crippen molar-refractivity contribution in [3.8, 4) is 0 Å². The summed E-state index contributed by atoms with van der Waals surface area (Å²) in [6, 6.07) is 6.22. The number of rotatable bonds is 5. The number of thiophene rings is 1. The molecule has 8 heteroatoms. The Labute approximate surface area is 140 Å². The lowest BCUT2D eigenvalue weighted by Gasteiger charge is -2.18. The molecule has 0 aliphatic carbocycles. The first kappa shape index (κ1) is 16.1. The van der Waals surface area contributed by atoms with Crippen LogP contribution in [0.15, 0.2) is 53.5 Å². The Bertz CT molecular complexity index is 751. The molecule has 0 aliphatic rings. The number of nitrogens with zero attached hydrogens (tertiary/aromatic N) is 2. The minimum Gasteiger partial charge on any atom is -0.335 e.